The largest absolute Gasteiger partial charge is 0.351 e. The van der Waals surface area contributed by atoms with Gasteiger partial charge in [0.05, 0.1) is 6.67 Å². The Balaban J connectivity index is 2.11. The second kappa shape index (κ2) is 7.85. The Hall–Kier alpha value is -1.38. The number of benzene rings is 1. The number of halogens is 1. The lowest BCUT2D eigenvalue weighted by Crippen LogP contribution is -2.20. The number of nitrogens with one attached hydrogen (secondary N) is 1. The third-order valence-corrected chi connectivity index (χ3v) is 2.23. The minimum Gasteiger partial charge on any atom is -0.351 e. The van der Waals surface area contributed by atoms with E-state index in [4.69, 9.17) is 0 Å². The number of rotatable bonds is 7. The van der Waals surface area contributed by atoms with Crippen LogP contribution in [0.4, 0.5) is 4.39 Å². The predicted molar refractivity (Wildman–Crippen MR) is 62.4 cm³/mol. The van der Waals surface area contributed by atoms with E-state index < -0.39 is 0 Å². The molecule has 0 heterocycles. The number of carbonyl (C=O) groups is 1. The van der Waals surface area contributed by atoms with Gasteiger partial charge >= 0.3 is 0 Å². The quantitative estimate of drug-likeness (QED) is 0.706. The molecular formula is C13H17FNO. The van der Waals surface area contributed by atoms with Crippen molar-refractivity contribution >= 4 is 5.91 Å². The summed E-state index contributed by atoms with van der Waals surface area (Å²) in [4.78, 5) is 11.3. The first-order valence-electron chi connectivity index (χ1n) is 5.54. The molecule has 1 amide bonds. The molecule has 1 radical (unpaired) electrons. The molecule has 0 aromatic heterocycles. The first-order chi connectivity index (χ1) is 7.83. The number of hydrogen-bond acceptors (Lipinski definition) is 1. The summed E-state index contributed by atoms with van der Waals surface area (Å²) in [6.07, 6.45) is 2.27. The number of unbranched alkanes of at least 4 members (excludes halogenated alkanes) is 1. The van der Waals surface area contributed by atoms with Crippen molar-refractivity contribution in [2.24, 2.45) is 0 Å². The highest BCUT2D eigenvalue weighted by Gasteiger charge is 2.01. The van der Waals surface area contributed by atoms with Crippen LogP contribution in [0.2, 0.25) is 0 Å². The zero-order valence-electron chi connectivity index (χ0n) is 9.29. The van der Waals surface area contributed by atoms with Gasteiger partial charge in [-0.15, -0.1) is 0 Å². The standard InChI is InChI=1S/C13H17FNO/c14-10-4-5-11-15-13(16)9-8-12-6-2-1-3-7-12/h1-3,6-7,11H,4-5,8-10H2,(H,15,16). The van der Waals surface area contributed by atoms with Gasteiger partial charge in [0.25, 0.3) is 0 Å². The van der Waals surface area contributed by atoms with E-state index >= 15 is 0 Å². The highest BCUT2D eigenvalue weighted by molar-refractivity contribution is 5.76. The van der Waals surface area contributed by atoms with Crippen molar-refractivity contribution < 1.29 is 9.18 Å². The maximum atomic E-state index is 11.8. The van der Waals surface area contributed by atoms with Gasteiger partial charge in [0, 0.05) is 13.0 Å². The summed E-state index contributed by atoms with van der Waals surface area (Å²) in [5.74, 6) is -0.0114. The van der Waals surface area contributed by atoms with Crippen molar-refractivity contribution in [1.82, 2.24) is 5.32 Å². The number of alkyl halides is 1. The summed E-state index contributed by atoms with van der Waals surface area (Å²) in [5, 5.41) is 2.66. The molecule has 0 aliphatic rings. The lowest BCUT2D eigenvalue weighted by molar-refractivity contribution is -0.120. The monoisotopic (exact) mass is 222 g/mol. The number of amides is 1. The van der Waals surface area contributed by atoms with Crippen LogP contribution in [-0.4, -0.2) is 12.6 Å². The Bertz CT molecular complexity index is 300. The molecule has 1 rings (SSSR count). The van der Waals surface area contributed by atoms with E-state index in [0.29, 0.717) is 19.3 Å². The highest BCUT2D eigenvalue weighted by atomic mass is 19.1. The smallest absolute Gasteiger partial charge is 0.220 e. The fraction of sp³-hybridized carbons (Fsp3) is 0.385. The van der Waals surface area contributed by atoms with Crippen LogP contribution >= 0.6 is 0 Å². The molecule has 16 heavy (non-hydrogen) atoms. The zero-order chi connectivity index (χ0) is 11.6. The van der Waals surface area contributed by atoms with Gasteiger partial charge in [0.2, 0.25) is 5.91 Å². The highest BCUT2D eigenvalue weighted by Crippen LogP contribution is 2.02. The summed E-state index contributed by atoms with van der Waals surface area (Å²) < 4.78 is 11.8. The van der Waals surface area contributed by atoms with Gasteiger partial charge in [-0.05, 0) is 24.8 Å². The van der Waals surface area contributed by atoms with Gasteiger partial charge in [-0.3, -0.25) is 9.18 Å². The van der Waals surface area contributed by atoms with Crippen LogP contribution in [-0.2, 0) is 11.2 Å². The van der Waals surface area contributed by atoms with Gasteiger partial charge in [-0.2, -0.15) is 0 Å². The molecular weight excluding hydrogens is 205 g/mol. The molecule has 0 fully saturated rings. The normalized spacial score (nSPS) is 10.1. The lowest BCUT2D eigenvalue weighted by atomic mass is 10.1. The van der Waals surface area contributed by atoms with E-state index in [1.165, 1.54) is 0 Å². The first kappa shape index (κ1) is 12.7. The molecule has 0 unspecified atom stereocenters. The van der Waals surface area contributed by atoms with E-state index in [-0.39, 0.29) is 12.6 Å². The molecule has 0 saturated heterocycles. The average molecular weight is 222 g/mol. The number of aryl methyl sites for hydroxylation is 1. The van der Waals surface area contributed by atoms with E-state index in [9.17, 15) is 9.18 Å². The van der Waals surface area contributed by atoms with Crippen LogP contribution in [0.5, 0.6) is 0 Å². The summed E-state index contributed by atoms with van der Waals surface area (Å²) in [5.41, 5.74) is 1.15. The number of hydrogen-bond donors (Lipinski definition) is 1. The second-order valence-electron chi connectivity index (χ2n) is 3.59. The minimum atomic E-state index is -0.337. The van der Waals surface area contributed by atoms with Crippen molar-refractivity contribution in [2.75, 3.05) is 6.67 Å². The molecule has 2 nitrogen and oxygen atoms in total. The first-order valence-corrected chi connectivity index (χ1v) is 5.54. The SMILES string of the molecule is O=C(CCc1ccccc1)N[CH]CCCF. The molecule has 1 aromatic rings. The third kappa shape index (κ3) is 5.49. The summed E-state index contributed by atoms with van der Waals surface area (Å²) in [6.45, 7) is 1.29. The van der Waals surface area contributed by atoms with Crippen molar-refractivity contribution in [1.29, 1.82) is 0 Å². The zero-order valence-corrected chi connectivity index (χ0v) is 9.29. The molecule has 0 aliphatic carbocycles. The van der Waals surface area contributed by atoms with Gasteiger partial charge < -0.3 is 5.32 Å². The Labute approximate surface area is 95.9 Å². The Morgan fingerprint density at radius 2 is 2.06 bits per heavy atom. The van der Waals surface area contributed by atoms with Crippen LogP contribution in [0.1, 0.15) is 24.8 Å². The van der Waals surface area contributed by atoms with Crippen molar-refractivity contribution in [3.05, 3.63) is 42.4 Å². The summed E-state index contributed by atoms with van der Waals surface area (Å²) >= 11 is 0. The number of carbonyl (C=O) groups excluding carboxylic acids is 1. The Morgan fingerprint density at radius 1 is 1.31 bits per heavy atom. The Morgan fingerprint density at radius 3 is 2.75 bits per heavy atom. The fourth-order valence-electron chi connectivity index (χ4n) is 1.34. The van der Waals surface area contributed by atoms with Crippen LogP contribution in [0, 0.1) is 6.54 Å². The molecule has 0 atom stereocenters. The maximum absolute atomic E-state index is 11.8. The van der Waals surface area contributed by atoms with E-state index in [2.05, 4.69) is 5.32 Å². The topological polar surface area (TPSA) is 29.1 Å². The van der Waals surface area contributed by atoms with Crippen molar-refractivity contribution in [3.63, 3.8) is 0 Å². The van der Waals surface area contributed by atoms with Gasteiger partial charge in [0.1, 0.15) is 0 Å². The van der Waals surface area contributed by atoms with E-state index in [1.54, 1.807) is 6.54 Å². The summed E-state index contributed by atoms with van der Waals surface area (Å²) in [6, 6.07) is 9.87. The molecule has 0 bridgehead atoms. The van der Waals surface area contributed by atoms with Crippen molar-refractivity contribution in [2.45, 2.75) is 25.7 Å². The van der Waals surface area contributed by atoms with Crippen molar-refractivity contribution in [3.8, 4) is 0 Å². The van der Waals surface area contributed by atoms with Gasteiger partial charge in [0.15, 0.2) is 0 Å². The fourth-order valence-corrected chi connectivity index (χ4v) is 1.34. The molecule has 0 spiro atoms. The van der Waals surface area contributed by atoms with Crippen LogP contribution < -0.4 is 5.32 Å². The molecule has 3 heteroatoms. The lowest BCUT2D eigenvalue weighted by Gasteiger charge is -2.03. The van der Waals surface area contributed by atoms with Gasteiger partial charge in [-0.1, -0.05) is 30.3 Å². The molecule has 0 aliphatic heterocycles. The van der Waals surface area contributed by atoms with Crippen LogP contribution in [0.3, 0.4) is 0 Å². The third-order valence-electron chi connectivity index (χ3n) is 2.23. The van der Waals surface area contributed by atoms with Gasteiger partial charge in [-0.25, -0.2) is 0 Å². The molecule has 87 valence electrons. The second-order valence-corrected chi connectivity index (χ2v) is 3.59. The summed E-state index contributed by atoms with van der Waals surface area (Å²) in [7, 11) is 0. The Kier molecular flexibility index (Phi) is 6.23. The molecule has 0 saturated carbocycles. The van der Waals surface area contributed by atoms with E-state index in [1.807, 2.05) is 30.3 Å². The average Bonchev–Trinajstić information content (AvgIpc) is 2.33. The maximum Gasteiger partial charge on any atom is 0.220 e. The van der Waals surface area contributed by atoms with Crippen LogP contribution in [0.25, 0.3) is 0 Å². The molecule has 1 aromatic carbocycles. The predicted octanol–water partition coefficient (Wildman–Crippen LogP) is 2.65. The van der Waals surface area contributed by atoms with E-state index in [0.717, 1.165) is 12.0 Å². The van der Waals surface area contributed by atoms with Crippen LogP contribution in [0.15, 0.2) is 30.3 Å². The minimum absolute atomic E-state index is 0.0114. The molecule has 1 N–H and O–H groups in total.